The van der Waals surface area contributed by atoms with Crippen molar-refractivity contribution < 1.29 is 4.79 Å². The van der Waals surface area contributed by atoms with Crippen molar-refractivity contribution in [3.63, 3.8) is 0 Å². The van der Waals surface area contributed by atoms with Crippen LogP contribution in [-0.4, -0.2) is 42.0 Å². The van der Waals surface area contributed by atoms with Crippen LogP contribution in [0.5, 0.6) is 0 Å². The minimum absolute atomic E-state index is 0.129. The Bertz CT molecular complexity index is 433. The van der Waals surface area contributed by atoms with Crippen LogP contribution in [0.1, 0.15) is 22.5 Å². The first-order chi connectivity index (χ1) is 8.06. The van der Waals surface area contributed by atoms with Crippen LogP contribution in [-0.2, 0) is 0 Å². The number of nitrogens with two attached hydrogens (primary N) is 1. The molecule has 2 heterocycles. The highest BCUT2D eigenvalue weighted by molar-refractivity contribution is 5.99. The smallest absolute Gasteiger partial charge is 0.255 e. The number of carbonyl (C=O) groups excluding carboxylic acids is 1. The Hall–Kier alpha value is -1.62. The molecule has 2 rings (SSSR count). The molecule has 5 heteroatoms. The zero-order chi connectivity index (χ0) is 12.4. The van der Waals surface area contributed by atoms with Crippen LogP contribution in [0.4, 0.5) is 5.69 Å². The predicted molar refractivity (Wildman–Crippen MR) is 66.8 cm³/mol. The number of hydrogen-bond acceptors (Lipinski definition) is 4. The molecular weight excluding hydrogens is 216 g/mol. The third-order valence-corrected chi connectivity index (χ3v) is 3.04. The van der Waals surface area contributed by atoms with E-state index >= 15 is 0 Å². The molecule has 0 bridgehead atoms. The van der Waals surface area contributed by atoms with E-state index in [2.05, 4.69) is 15.2 Å². The lowest BCUT2D eigenvalue weighted by atomic mass is 10.2. The number of nitrogens with one attached hydrogen (secondary N) is 1. The molecule has 5 nitrogen and oxygen atoms in total. The van der Waals surface area contributed by atoms with Gasteiger partial charge in [-0.05, 0) is 33.0 Å². The molecule has 1 aromatic heterocycles. The molecule has 1 aliphatic rings. The summed E-state index contributed by atoms with van der Waals surface area (Å²) in [6, 6.07) is 1.93. The fraction of sp³-hybridized carbons (Fsp3) is 0.500. The molecule has 1 saturated heterocycles. The molecule has 17 heavy (non-hydrogen) atoms. The lowest BCUT2D eigenvalue weighted by Gasteiger charge is -2.13. The summed E-state index contributed by atoms with van der Waals surface area (Å²) in [4.78, 5) is 18.3. The summed E-state index contributed by atoms with van der Waals surface area (Å²) in [7, 11) is 2.05. The van der Waals surface area contributed by atoms with Crippen molar-refractivity contribution >= 4 is 11.6 Å². The fourth-order valence-corrected chi connectivity index (χ4v) is 2.09. The maximum absolute atomic E-state index is 12.0. The number of amides is 1. The molecular formula is C12H18N4O. The standard InChI is InChI=1S/C12H18N4O/c1-8-5-11(13)10(6-14-8)12(17)15-9-3-4-16(2)7-9/h5-6,9H,3-4,7H2,1-2H3,(H2,13,14)(H,15,17). The van der Waals surface area contributed by atoms with Gasteiger partial charge in [-0.2, -0.15) is 0 Å². The second-order valence-electron chi connectivity index (χ2n) is 4.63. The van der Waals surface area contributed by atoms with Gasteiger partial charge < -0.3 is 16.0 Å². The van der Waals surface area contributed by atoms with Gasteiger partial charge in [-0.25, -0.2) is 0 Å². The van der Waals surface area contributed by atoms with Crippen LogP contribution in [0.3, 0.4) is 0 Å². The number of likely N-dealkylation sites (tertiary alicyclic amines) is 1. The minimum atomic E-state index is -0.129. The molecule has 1 aromatic rings. The van der Waals surface area contributed by atoms with Gasteiger partial charge in [0.1, 0.15) is 0 Å². The van der Waals surface area contributed by atoms with Crippen molar-refractivity contribution in [2.45, 2.75) is 19.4 Å². The van der Waals surface area contributed by atoms with Gasteiger partial charge in [0.25, 0.3) is 5.91 Å². The zero-order valence-electron chi connectivity index (χ0n) is 10.2. The summed E-state index contributed by atoms with van der Waals surface area (Å²) >= 11 is 0. The molecule has 1 unspecified atom stereocenters. The average molecular weight is 234 g/mol. The van der Waals surface area contributed by atoms with Crippen LogP contribution < -0.4 is 11.1 Å². The van der Waals surface area contributed by atoms with E-state index in [1.165, 1.54) is 0 Å². The molecule has 1 fully saturated rings. The van der Waals surface area contributed by atoms with Crippen molar-refractivity contribution in [2.75, 3.05) is 25.9 Å². The highest BCUT2D eigenvalue weighted by atomic mass is 16.1. The third kappa shape index (κ3) is 2.74. The molecule has 0 saturated carbocycles. The summed E-state index contributed by atoms with van der Waals surface area (Å²) in [6.07, 6.45) is 2.53. The van der Waals surface area contributed by atoms with E-state index in [9.17, 15) is 4.79 Å². The highest BCUT2D eigenvalue weighted by Crippen LogP contribution is 2.13. The molecule has 3 N–H and O–H groups in total. The Labute approximate surface area is 101 Å². The number of nitrogen functional groups attached to an aromatic ring is 1. The Balaban J connectivity index is 2.04. The largest absolute Gasteiger partial charge is 0.398 e. The average Bonchev–Trinajstić information content (AvgIpc) is 2.63. The fourth-order valence-electron chi connectivity index (χ4n) is 2.09. The van der Waals surface area contributed by atoms with Crippen LogP contribution in [0.25, 0.3) is 0 Å². The first-order valence-electron chi connectivity index (χ1n) is 5.78. The van der Waals surface area contributed by atoms with E-state index < -0.39 is 0 Å². The first kappa shape index (κ1) is 11.9. The van der Waals surface area contributed by atoms with Crippen LogP contribution in [0.15, 0.2) is 12.3 Å². The summed E-state index contributed by atoms with van der Waals surface area (Å²) < 4.78 is 0. The van der Waals surface area contributed by atoms with Gasteiger partial charge in [-0.3, -0.25) is 9.78 Å². The Morgan fingerprint density at radius 1 is 1.65 bits per heavy atom. The maximum atomic E-state index is 12.0. The van der Waals surface area contributed by atoms with E-state index in [0.29, 0.717) is 11.3 Å². The number of pyridine rings is 1. The van der Waals surface area contributed by atoms with Crippen LogP contribution in [0.2, 0.25) is 0 Å². The van der Waals surface area contributed by atoms with Crippen molar-refractivity contribution in [3.05, 3.63) is 23.5 Å². The van der Waals surface area contributed by atoms with Gasteiger partial charge in [0.15, 0.2) is 0 Å². The van der Waals surface area contributed by atoms with Crippen LogP contribution >= 0.6 is 0 Å². The Morgan fingerprint density at radius 2 is 2.41 bits per heavy atom. The molecule has 92 valence electrons. The summed E-state index contributed by atoms with van der Waals surface area (Å²) in [5.41, 5.74) is 7.58. The Morgan fingerprint density at radius 3 is 3.00 bits per heavy atom. The summed E-state index contributed by atoms with van der Waals surface area (Å²) in [5.74, 6) is -0.129. The second-order valence-corrected chi connectivity index (χ2v) is 4.63. The predicted octanol–water partition coefficient (Wildman–Crippen LogP) is 0.406. The van der Waals surface area contributed by atoms with Gasteiger partial charge in [0.2, 0.25) is 0 Å². The van der Waals surface area contributed by atoms with E-state index in [-0.39, 0.29) is 11.9 Å². The third-order valence-electron chi connectivity index (χ3n) is 3.04. The molecule has 1 aliphatic heterocycles. The molecule has 1 atom stereocenters. The summed E-state index contributed by atoms with van der Waals surface area (Å²) in [6.45, 7) is 3.77. The number of hydrogen-bond donors (Lipinski definition) is 2. The van der Waals surface area contributed by atoms with Crippen LogP contribution in [0, 0.1) is 6.92 Å². The first-order valence-corrected chi connectivity index (χ1v) is 5.78. The quantitative estimate of drug-likeness (QED) is 0.777. The topological polar surface area (TPSA) is 71.2 Å². The van der Waals surface area contributed by atoms with Gasteiger partial charge in [-0.1, -0.05) is 0 Å². The SMILES string of the molecule is Cc1cc(N)c(C(=O)NC2CCN(C)C2)cn1. The van der Waals surface area contributed by atoms with Crippen molar-refractivity contribution in [2.24, 2.45) is 0 Å². The lowest BCUT2D eigenvalue weighted by molar-refractivity contribution is 0.0939. The normalized spacial score (nSPS) is 20.5. The Kier molecular flexibility index (Phi) is 3.28. The summed E-state index contributed by atoms with van der Waals surface area (Å²) in [5, 5.41) is 2.99. The van der Waals surface area contributed by atoms with E-state index in [4.69, 9.17) is 5.73 Å². The highest BCUT2D eigenvalue weighted by Gasteiger charge is 2.22. The lowest BCUT2D eigenvalue weighted by Crippen LogP contribution is -2.36. The van der Waals surface area contributed by atoms with Gasteiger partial charge in [0, 0.05) is 30.2 Å². The van der Waals surface area contributed by atoms with E-state index in [1.807, 2.05) is 14.0 Å². The van der Waals surface area contributed by atoms with Gasteiger partial charge in [0.05, 0.1) is 5.56 Å². The second kappa shape index (κ2) is 4.71. The van der Waals surface area contributed by atoms with E-state index in [0.717, 1.165) is 25.2 Å². The van der Waals surface area contributed by atoms with Crippen molar-refractivity contribution in [3.8, 4) is 0 Å². The molecule has 0 aliphatic carbocycles. The van der Waals surface area contributed by atoms with Crippen molar-refractivity contribution in [1.29, 1.82) is 0 Å². The van der Waals surface area contributed by atoms with Crippen molar-refractivity contribution in [1.82, 2.24) is 15.2 Å². The molecule has 0 aromatic carbocycles. The number of aryl methyl sites for hydroxylation is 1. The maximum Gasteiger partial charge on any atom is 0.255 e. The number of carbonyl (C=O) groups is 1. The number of aromatic nitrogens is 1. The van der Waals surface area contributed by atoms with E-state index in [1.54, 1.807) is 12.3 Å². The molecule has 0 radical (unpaired) electrons. The number of rotatable bonds is 2. The molecule has 1 amide bonds. The molecule has 0 spiro atoms. The van der Waals surface area contributed by atoms with Gasteiger partial charge >= 0.3 is 0 Å². The number of anilines is 1. The number of likely N-dealkylation sites (N-methyl/N-ethyl adjacent to an activating group) is 1. The minimum Gasteiger partial charge on any atom is -0.398 e. The zero-order valence-corrected chi connectivity index (χ0v) is 10.2. The monoisotopic (exact) mass is 234 g/mol. The number of nitrogens with zero attached hydrogens (tertiary/aromatic N) is 2. The van der Waals surface area contributed by atoms with Gasteiger partial charge in [-0.15, -0.1) is 0 Å².